The van der Waals surface area contributed by atoms with E-state index in [1.54, 1.807) is 0 Å². The maximum atomic E-state index is 6.33. The molecule has 0 heterocycles. The van der Waals surface area contributed by atoms with Gasteiger partial charge >= 0.3 is 0 Å². The van der Waals surface area contributed by atoms with E-state index in [1.165, 1.54) is 38.5 Å². The first-order chi connectivity index (χ1) is 7.08. The van der Waals surface area contributed by atoms with Crippen LogP contribution < -0.4 is 5.73 Å². The second-order valence-corrected chi connectivity index (χ2v) is 5.72. The second kappa shape index (κ2) is 5.69. The van der Waals surface area contributed by atoms with E-state index >= 15 is 0 Å². The molecular formula is C14H27N. The van der Waals surface area contributed by atoms with Gasteiger partial charge in [-0.25, -0.2) is 0 Å². The lowest BCUT2D eigenvalue weighted by atomic mass is 9.65. The Morgan fingerprint density at radius 3 is 2.80 bits per heavy atom. The molecule has 2 unspecified atom stereocenters. The Hall–Kier alpha value is -0.300. The van der Waals surface area contributed by atoms with Gasteiger partial charge in [0, 0.05) is 6.04 Å². The Kier molecular flexibility index (Phi) is 4.85. The fraction of sp³-hybridized carbons (Fsp3) is 0.857. The van der Waals surface area contributed by atoms with Crippen LogP contribution in [0, 0.1) is 11.3 Å². The predicted molar refractivity (Wildman–Crippen MR) is 67.8 cm³/mol. The lowest BCUT2D eigenvalue weighted by Gasteiger charge is -2.42. The van der Waals surface area contributed by atoms with E-state index in [9.17, 15) is 0 Å². The number of rotatable bonds is 5. The molecule has 1 aliphatic carbocycles. The van der Waals surface area contributed by atoms with E-state index in [0.717, 1.165) is 12.3 Å². The van der Waals surface area contributed by atoms with Crippen molar-refractivity contribution in [1.82, 2.24) is 0 Å². The molecule has 2 N–H and O–H groups in total. The Bertz CT molecular complexity index is 196. The monoisotopic (exact) mass is 209 g/mol. The summed E-state index contributed by atoms with van der Waals surface area (Å²) in [5, 5.41) is 0. The maximum absolute atomic E-state index is 6.33. The average molecular weight is 209 g/mol. The van der Waals surface area contributed by atoms with Crippen molar-refractivity contribution >= 4 is 0 Å². The molecule has 88 valence electrons. The summed E-state index contributed by atoms with van der Waals surface area (Å²) in [6.45, 7) is 8.54. The first kappa shape index (κ1) is 12.8. The van der Waals surface area contributed by atoms with Crippen LogP contribution in [0.2, 0.25) is 0 Å². The summed E-state index contributed by atoms with van der Waals surface area (Å²) in [6, 6.07) is 0.403. The molecule has 2 atom stereocenters. The van der Waals surface area contributed by atoms with Gasteiger partial charge < -0.3 is 5.73 Å². The molecule has 0 aliphatic heterocycles. The molecule has 0 amide bonds. The number of allylic oxidation sites excluding steroid dienone is 1. The van der Waals surface area contributed by atoms with E-state index in [-0.39, 0.29) is 0 Å². The molecule has 1 fully saturated rings. The summed E-state index contributed by atoms with van der Waals surface area (Å²) in [5.74, 6) is 0.732. The zero-order valence-electron chi connectivity index (χ0n) is 10.5. The Labute approximate surface area is 95.1 Å². The first-order valence-electron chi connectivity index (χ1n) is 6.44. The van der Waals surface area contributed by atoms with Crippen molar-refractivity contribution in [2.24, 2.45) is 17.1 Å². The Morgan fingerprint density at radius 2 is 2.20 bits per heavy atom. The molecule has 1 rings (SSSR count). The van der Waals surface area contributed by atoms with Crippen molar-refractivity contribution in [1.29, 1.82) is 0 Å². The summed E-state index contributed by atoms with van der Waals surface area (Å²) >= 11 is 0. The number of hydrogen-bond acceptors (Lipinski definition) is 1. The quantitative estimate of drug-likeness (QED) is 0.539. The van der Waals surface area contributed by atoms with Gasteiger partial charge in [0.15, 0.2) is 0 Å². The van der Waals surface area contributed by atoms with Crippen molar-refractivity contribution < 1.29 is 0 Å². The van der Waals surface area contributed by atoms with Gasteiger partial charge in [-0.05, 0) is 43.4 Å². The van der Waals surface area contributed by atoms with Gasteiger partial charge in [0.05, 0.1) is 0 Å². The smallest absolute Gasteiger partial charge is 0.00723 e. The van der Waals surface area contributed by atoms with Crippen LogP contribution in [0.1, 0.15) is 58.8 Å². The zero-order valence-corrected chi connectivity index (χ0v) is 10.5. The molecule has 0 spiro atoms. The van der Waals surface area contributed by atoms with Gasteiger partial charge in [-0.3, -0.25) is 0 Å². The summed E-state index contributed by atoms with van der Waals surface area (Å²) in [5.41, 5.74) is 6.79. The van der Waals surface area contributed by atoms with Crippen LogP contribution in [0.25, 0.3) is 0 Å². The molecule has 0 aromatic rings. The minimum atomic E-state index is 0.403. The first-order valence-corrected chi connectivity index (χ1v) is 6.44. The highest BCUT2D eigenvalue weighted by Gasteiger charge is 2.35. The molecule has 1 nitrogen and oxygen atoms in total. The summed E-state index contributed by atoms with van der Waals surface area (Å²) in [6.07, 6.45) is 10.9. The highest BCUT2D eigenvalue weighted by molar-refractivity contribution is 4.89. The number of hydrogen-bond donors (Lipinski definition) is 1. The molecule has 1 aliphatic rings. The Morgan fingerprint density at radius 1 is 1.47 bits per heavy atom. The van der Waals surface area contributed by atoms with Crippen LogP contribution in [-0.4, -0.2) is 6.04 Å². The van der Waals surface area contributed by atoms with Crippen molar-refractivity contribution in [3.8, 4) is 0 Å². The third-order valence-electron chi connectivity index (χ3n) is 4.05. The van der Waals surface area contributed by atoms with E-state index in [1.807, 2.05) is 6.08 Å². The highest BCUT2D eigenvalue weighted by atomic mass is 14.7. The lowest BCUT2D eigenvalue weighted by Crippen LogP contribution is -2.41. The fourth-order valence-corrected chi connectivity index (χ4v) is 3.01. The zero-order chi connectivity index (χ0) is 11.3. The topological polar surface area (TPSA) is 26.0 Å². The molecule has 15 heavy (non-hydrogen) atoms. The summed E-state index contributed by atoms with van der Waals surface area (Å²) in [4.78, 5) is 0. The molecular weight excluding hydrogens is 182 g/mol. The number of unbranched alkanes of at least 4 members (excludes halogenated alkanes) is 1. The molecule has 0 radical (unpaired) electrons. The van der Waals surface area contributed by atoms with Crippen LogP contribution in [0.4, 0.5) is 0 Å². The summed E-state index contributed by atoms with van der Waals surface area (Å²) in [7, 11) is 0. The third-order valence-corrected chi connectivity index (χ3v) is 4.05. The van der Waals surface area contributed by atoms with Crippen LogP contribution >= 0.6 is 0 Å². The van der Waals surface area contributed by atoms with E-state index in [2.05, 4.69) is 20.4 Å². The molecule has 0 bridgehead atoms. The number of nitrogens with two attached hydrogens (primary N) is 1. The van der Waals surface area contributed by atoms with Gasteiger partial charge in [0.2, 0.25) is 0 Å². The minimum absolute atomic E-state index is 0.403. The van der Waals surface area contributed by atoms with E-state index < -0.39 is 0 Å². The van der Waals surface area contributed by atoms with Gasteiger partial charge in [-0.15, -0.1) is 6.58 Å². The molecule has 1 heteroatoms. The van der Waals surface area contributed by atoms with E-state index in [4.69, 9.17) is 5.73 Å². The predicted octanol–water partition coefficient (Wildman–Crippen LogP) is 3.89. The molecule has 1 saturated carbocycles. The van der Waals surface area contributed by atoms with Gasteiger partial charge in [-0.2, -0.15) is 0 Å². The highest BCUT2D eigenvalue weighted by Crippen LogP contribution is 2.42. The largest absolute Gasteiger partial charge is 0.327 e. The van der Waals surface area contributed by atoms with Crippen LogP contribution in [0.5, 0.6) is 0 Å². The maximum Gasteiger partial charge on any atom is 0.00723 e. The van der Waals surface area contributed by atoms with E-state index in [0.29, 0.717) is 11.5 Å². The lowest BCUT2D eigenvalue weighted by molar-refractivity contribution is 0.109. The van der Waals surface area contributed by atoms with Crippen molar-refractivity contribution in [2.75, 3.05) is 0 Å². The van der Waals surface area contributed by atoms with Gasteiger partial charge in [0.1, 0.15) is 0 Å². The summed E-state index contributed by atoms with van der Waals surface area (Å²) < 4.78 is 0. The van der Waals surface area contributed by atoms with Crippen LogP contribution in [-0.2, 0) is 0 Å². The van der Waals surface area contributed by atoms with Crippen LogP contribution in [0.3, 0.4) is 0 Å². The standard InChI is InChI=1S/C14H27N/c1-4-5-6-10-13(15)12-9-7-8-11-14(12,2)3/h4,12-13H,1,5-11,15H2,2-3H3. The van der Waals surface area contributed by atoms with Crippen molar-refractivity contribution in [3.63, 3.8) is 0 Å². The molecule has 0 aromatic heterocycles. The Balaban J connectivity index is 2.41. The van der Waals surface area contributed by atoms with Gasteiger partial charge in [-0.1, -0.05) is 32.8 Å². The normalized spacial score (nSPS) is 27.3. The van der Waals surface area contributed by atoms with Crippen LogP contribution in [0.15, 0.2) is 12.7 Å². The average Bonchev–Trinajstić information content (AvgIpc) is 2.17. The van der Waals surface area contributed by atoms with Crippen molar-refractivity contribution in [2.45, 2.75) is 64.8 Å². The molecule has 0 aromatic carbocycles. The fourth-order valence-electron chi connectivity index (χ4n) is 3.01. The third kappa shape index (κ3) is 3.64. The minimum Gasteiger partial charge on any atom is -0.327 e. The van der Waals surface area contributed by atoms with Gasteiger partial charge in [0.25, 0.3) is 0 Å². The molecule has 0 saturated heterocycles. The van der Waals surface area contributed by atoms with Crippen molar-refractivity contribution in [3.05, 3.63) is 12.7 Å². The SMILES string of the molecule is C=CCCCC(N)C1CCCCC1(C)C. The second-order valence-electron chi connectivity index (χ2n) is 5.72.